The minimum atomic E-state index is 0.810. The van der Waals surface area contributed by atoms with Crippen LogP contribution in [0.25, 0.3) is 0 Å². The molecule has 0 spiro atoms. The van der Waals surface area contributed by atoms with Gasteiger partial charge in [-0.05, 0) is 30.4 Å². The molecule has 0 aliphatic heterocycles. The Labute approximate surface area is 77.4 Å². The topological polar surface area (TPSA) is 23.8 Å². The number of benzene rings is 1. The maximum Gasteiger partial charge on any atom is 0.0994 e. The molecule has 2 heteroatoms. The number of hydrogen-bond acceptors (Lipinski definition) is 2. The monoisotopic (exact) mass is 177 g/mol. The minimum absolute atomic E-state index is 0.810. The molecule has 0 saturated heterocycles. The maximum absolute atomic E-state index is 8.81. The van der Waals surface area contributed by atoms with Crippen molar-refractivity contribution in [2.24, 2.45) is 0 Å². The standard InChI is InChI=1S/C10H11NS/c1-3-8-4-5-10(12-2)6-9(8)7-11/h4-6H,3H2,1-2H3. The molecule has 0 atom stereocenters. The third-order valence-electron chi connectivity index (χ3n) is 1.82. The second kappa shape index (κ2) is 4.18. The molecule has 0 amide bonds. The lowest BCUT2D eigenvalue weighted by atomic mass is 10.1. The smallest absolute Gasteiger partial charge is 0.0994 e. The van der Waals surface area contributed by atoms with Crippen LogP contribution in [-0.2, 0) is 6.42 Å². The van der Waals surface area contributed by atoms with Gasteiger partial charge in [0, 0.05) is 4.90 Å². The lowest BCUT2D eigenvalue weighted by Gasteiger charge is -2.01. The van der Waals surface area contributed by atoms with E-state index >= 15 is 0 Å². The van der Waals surface area contributed by atoms with Gasteiger partial charge in [-0.15, -0.1) is 11.8 Å². The van der Waals surface area contributed by atoms with Crippen molar-refractivity contribution in [3.8, 4) is 6.07 Å². The fourth-order valence-electron chi connectivity index (χ4n) is 1.09. The summed E-state index contributed by atoms with van der Waals surface area (Å²) in [7, 11) is 0. The van der Waals surface area contributed by atoms with Crippen molar-refractivity contribution in [3.63, 3.8) is 0 Å². The van der Waals surface area contributed by atoms with Gasteiger partial charge in [0.05, 0.1) is 11.6 Å². The Morgan fingerprint density at radius 1 is 1.50 bits per heavy atom. The zero-order valence-electron chi connectivity index (χ0n) is 7.29. The SMILES string of the molecule is CCc1ccc(SC)cc1C#N. The van der Waals surface area contributed by atoms with Crippen molar-refractivity contribution in [3.05, 3.63) is 29.3 Å². The molecule has 62 valence electrons. The molecule has 1 aromatic rings. The van der Waals surface area contributed by atoms with Gasteiger partial charge in [0.15, 0.2) is 0 Å². The first-order valence-corrected chi connectivity index (χ1v) is 5.11. The van der Waals surface area contributed by atoms with Gasteiger partial charge in [0.1, 0.15) is 0 Å². The average Bonchev–Trinajstić information content (AvgIpc) is 2.16. The quantitative estimate of drug-likeness (QED) is 0.648. The van der Waals surface area contributed by atoms with Crippen LogP contribution in [0.2, 0.25) is 0 Å². The summed E-state index contributed by atoms with van der Waals surface area (Å²) >= 11 is 1.67. The number of thioether (sulfide) groups is 1. The maximum atomic E-state index is 8.81. The molecule has 12 heavy (non-hydrogen) atoms. The molecule has 0 fully saturated rings. The van der Waals surface area contributed by atoms with Crippen molar-refractivity contribution in [2.75, 3.05) is 6.26 Å². The van der Waals surface area contributed by atoms with E-state index < -0.39 is 0 Å². The van der Waals surface area contributed by atoms with Gasteiger partial charge in [0.25, 0.3) is 0 Å². The highest BCUT2D eigenvalue weighted by molar-refractivity contribution is 7.98. The Morgan fingerprint density at radius 3 is 2.75 bits per heavy atom. The van der Waals surface area contributed by atoms with E-state index in [-0.39, 0.29) is 0 Å². The normalized spacial score (nSPS) is 9.42. The molecular formula is C10H11NS. The molecule has 1 rings (SSSR count). The van der Waals surface area contributed by atoms with Gasteiger partial charge in [-0.2, -0.15) is 5.26 Å². The highest BCUT2D eigenvalue weighted by Crippen LogP contribution is 2.19. The number of rotatable bonds is 2. The molecule has 1 nitrogen and oxygen atoms in total. The van der Waals surface area contributed by atoms with Gasteiger partial charge in [-0.1, -0.05) is 13.0 Å². The van der Waals surface area contributed by atoms with Crippen LogP contribution in [0.15, 0.2) is 23.1 Å². The number of nitriles is 1. The molecule has 0 N–H and O–H groups in total. The number of hydrogen-bond donors (Lipinski definition) is 0. The third kappa shape index (κ3) is 1.80. The molecule has 0 aliphatic rings. The molecular weight excluding hydrogens is 166 g/mol. The molecule has 0 unspecified atom stereocenters. The molecule has 0 aliphatic carbocycles. The summed E-state index contributed by atoms with van der Waals surface area (Å²) in [5, 5.41) is 8.81. The summed E-state index contributed by atoms with van der Waals surface area (Å²) in [6, 6.07) is 8.25. The first-order valence-electron chi connectivity index (χ1n) is 3.88. The van der Waals surface area contributed by atoms with Gasteiger partial charge >= 0.3 is 0 Å². The van der Waals surface area contributed by atoms with Crippen LogP contribution in [0.4, 0.5) is 0 Å². The molecule has 1 aromatic carbocycles. The summed E-state index contributed by atoms with van der Waals surface area (Å²) in [6.45, 7) is 2.06. The van der Waals surface area contributed by atoms with E-state index in [4.69, 9.17) is 5.26 Å². The van der Waals surface area contributed by atoms with Crippen LogP contribution in [0.5, 0.6) is 0 Å². The Balaban J connectivity index is 3.13. The van der Waals surface area contributed by atoms with Crippen molar-refractivity contribution in [1.29, 1.82) is 5.26 Å². The van der Waals surface area contributed by atoms with Crippen LogP contribution < -0.4 is 0 Å². The van der Waals surface area contributed by atoms with Gasteiger partial charge < -0.3 is 0 Å². The fraction of sp³-hybridized carbons (Fsp3) is 0.300. The molecule has 0 saturated carbocycles. The second-order valence-corrected chi connectivity index (χ2v) is 3.37. The van der Waals surface area contributed by atoms with E-state index in [1.165, 1.54) is 0 Å². The second-order valence-electron chi connectivity index (χ2n) is 2.49. The van der Waals surface area contributed by atoms with E-state index in [1.54, 1.807) is 11.8 Å². The number of nitrogens with zero attached hydrogens (tertiary/aromatic N) is 1. The summed E-state index contributed by atoms with van der Waals surface area (Å²) in [6.07, 6.45) is 2.94. The zero-order valence-corrected chi connectivity index (χ0v) is 8.11. The number of aryl methyl sites for hydroxylation is 1. The van der Waals surface area contributed by atoms with E-state index in [2.05, 4.69) is 19.1 Å². The van der Waals surface area contributed by atoms with E-state index in [1.807, 2.05) is 18.4 Å². The van der Waals surface area contributed by atoms with Gasteiger partial charge in [-0.25, -0.2) is 0 Å². The van der Waals surface area contributed by atoms with Crippen LogP contribution in [0.1, 0.15) is 18.1 Å². The summed E-state index contributed by atoms with van der Waals surface area (Å²) in [4.78, 5) is 1.16. The first-order chi connectivity index (χ1) is 5.81. The zero-order chi connectivity index (χ0) is 8.97. The predicted octanol–water partition coefficient (Wildman–Crippen LogP) is 2.84. The minimum Gasteiger partial charge on any atom is -0.192 e. The Kier molecular flexibility index (Phi) is 3.19. The molecule has 0 bridgehead atoms. The van der Waals surface area contributed by atoms with Crippen molar-refractivity contribution in [1.82, 2.24) is 0 Å². The lowest BCUT2D eigenvalue weighted by molar-refractivity contribution is 1.12. The fourth-order valence-corrected chi connectivity index (χ4v) is 1.53. The van der Waals surface area contributed by atoms with E-state index in [0.717, 1.165) is 22.4 Å². The first kappa shape index (κ1) is 9.15. The van der Waals surface area contributed by atoms with Crippen LogP contribution >= 0.6 is 11.8 Å². The largest absolute Gasteiger partial charge is 0.192 e. The summed E-state index contributed by atoms with van der Waals surface area (Å²) < 4.78 is 0. The van der Waals surface area contributed by atoms with Crippen LogP contribution in [-0.4, -0.2) is 6.26 Å². The van der Waals surface area contributed by atoms with Crippen molar-refractivity contribution < 1.29 is 0 Å². The van der Waals surface area contributed by atoms with Crippen LogP contribution in [0, 0.1) is 11.3 Å². The Morgan fingerprint density at radius 2 is 2.25 bits per heavy atom. The van der Waals surface area contributed by atoms with E-state index in [0.29, 0.717) is 0 Å². The van der Waals surface area contributed by atoms with Gasteiger partial charge in [-0.3, -0.25) is 0 Å². The Hall–Kier alpha value is -0.940. The highest BCUT2D eigenvalue weighted by Gasteiger charge is 2.00. The van der Waals surface area contributed by atoms with Crippen LogP contribution in [0.3, 0.4) is 0 Å². The summed E-state index contributed by atoms with van der Waals surface area (Å²) in [5.41, 5.74) is 1.94. The van der Waals surface area contributed by atoms with Crippen molar-refractivity contribution in [2.45, 2.75) is 18.2 Å². The molecule has 0 radical (unpaired) electrons. The predicted molar refractivity (Wildman–Crippen MR) is 52.3 cm³/mol. The van der Waals surface area contributed by atoms with Crippen molar-refractivity contribution >= 4 is 11.8 Å². The third-order valence-corrected chi connectivity index (χ3v) is 2.54. The molecule has 0 aromatic heterocycles. The molecule has 0 heterocycles. The summed E-state index contributed by atoms with van der Waals surface area (Å²) in [5.74, 6) is 0. The lowest BCUT2D eigenvalue weighted by Crippen LogP contribution is -1.87. The van der Waals surface area contributed by atoms with Gasteiger partial charge in [0.2, 0.25) is 0 Å². The highest BCUT2D eigenvalue weighted by atomic mass is 32.2. The average molecular weight is 177 g/mol. The Bertz CT molecular complexity index is 312. The van der Waals surface area contributed by atoms with E-state index in [9.17, 15) is 0 Å².